The normalized spacial score (nSPS) is 11.4. The molecular weight excluding hydrogens is 653 g/mol. The van der Waals surface area contributed by atoms with Gasteiger partial charge in [-0.3, -0.25) is 0 Å². The maximum atomic E-state index is 10.6. The number of fused-ring (bicyclic) bond motifs is 4. The Labute approximate surface area is 236 Å². The second kappa shape index (κ2) is 9.88. The summed E-state index contributed by atoms with van der Waals surface area (Å²) in [6, 6.07) is 23.9. The van der Waals surface area contributed by atoms with E-state index in [2.05, 4.69) is 59.6 Å². The van der Waals surface area contributed by atoms with Crippen LogP contribution in [0.15, 0.2) is 66.9 Å². The molecule has 0 saturated heterocycles. The average molecular weight is 682 g/mol. The zero-order valence-electron chi connectivity index (χ0n) is 21.9. The maximum Gasteiger partial charge on any atom is 0.217 e. The minimum absolute atomic E-state index is 0. The third-order valence-corrected chi connectivity index (χ3v) is 7.08. The Kier molecular flexibility index (Phi) is 6.75. The summed E-state index contributed by atoms with van der Waals surface area (Å²) in [5, 5.41) is 13.8. The smallest absolute Gasteiger partial charge is 0.217 e. The van der Waals surface area contributed by atoms with Crippen LogP contribution in [0.4, 0.5) is 0 Å². The number of aromatic nitrogens is 3. The molecule has 0 fully saturated rings. The minimum Gasteiger partial charge on any atom is -0.505 e. The molecule has 1 N–H and O–H groups in total. The van der Waals surface area contributed by atoms with Gasteiger partial charge in [-0.1, -0.05) is 62.0 Å². The maximum absolute atomic E-state index is 10.6. The molecule has 0 aliphatic heterocycles. The summed E-state index contributed by atoms with van der Waals surface area (Å²) in [6.45, 7) is 10.4. The molecule has 0 atom stereocenters. The average Bonchev–Trinajstić information content (AvgIpc) is 3.20. The summed E-state index contributed by atoms with van der Waals surface area (Å²) >= 11 is 0. The van der Waals surface area contributed by atoms with Crippen molar-refractivity contribution in [1.29, 1.82) is 0 Å². The van der Waals surface area contributed by atoms with E-state index in [0.29, 0.717) is 23.1 Å². The number of phenols is 1. The van der Waals surface area contributed by atoms with Gasteiger partial charge >= 0.3 is 0 Å². The quantitative estimate of drug-likeness (QED) is 0.191. The first kappa shape index (κ1) is 25.9. The Bertz CT molecular complexity index is 1820. The Morgan fingerprint density at radius 1 is 0.895 bits per heavy atom. The summed E-state index contributed by atoms with van der Waals surface area (Å²) in [5.41, 5.74) is 6.65. The number of aromatic hydroxyl groups is 1. The molecule has 0 saturated carbocycles. The Balaban J connectivity index is 0.00000294. The van der Waals surface area contributed by atoms with Crippen LogP contribution in [0.1, 0.15) is 42.0 Å². The van der Waals surface area contributed by atoms with Gasteiger partial charge in [0.25, 0.3) is 0 Å². The molecule has 3 heterocycles. The summed E-state index contributed by atoms with van der Waals surface area (Å²) in [4.78, 5) is 9.31. The monoisotopic (exact) mass is 681 g/mol. The number of aryl methyl sites for hydroxylation is 3. The van der Waals surface area contributed by atoms with Crippen molar-refractivity contribution >= 4 is 32.7 Å². The number of phenolic OH excluding ortho intramolecular Hbond substituents is 1. The molecule has 5 nitrogen and oxygen atoms in total. The number of benzene rings is 3. The predicted molar refractivity (Wildman–Crippen MR) is 149 cm³/mol. The minimum atomic E-state index is 0. The van der Waals surface area contributed by atoms with Gasteiger partial charge in [-0.05, 0) is 60.0 Å². The van der Waals surface area contributed by atoms with E-state index in [1.807, 2.05) is 62.5 Å². The van der Waals surface area contributed by atoms with Crippen LogP contribution < -0.4 is 4.74 Å². The first-order valence-corrected chi connectivity index (χ1v) is 12.5. The summed E-state index contributed by atoms with van der Waals surface area (Å²) in [5.74, 6) is 2.40. The van der Waals surface area contributed by atoms with Gasteiger partial charge in [0.15, 0.2) is 0 Å². The van der Waals surface area contributed by atoms with E-state index >= 15 is 0 Å². The zero-order chi connectivity index (χ0) is 25.8. The fraction of sp³-hybridized carbons (Fsp3) is 0.188. The Morgan fingerprint density at radius 2 is 1.68 bits per heavy atom. The largest absolute Gasteiger partial charge is 0.505 e. The van der Waals surface area contributed by atoms with Gasteiger partial charge in [-0.25, -0.2) is 9.97 Å². The molecule has 6 aromatic rings. The van der Waals surface area contributed by atoms with Crippen molar-refractivity contribution in [3.05, 3.63) is 95.2 Å². The zero-order valence-corrected chi connectivity index (χ0v) is 24.2. The van der Waals surface area contributed by atoms with Gasteiger partial charge in [0.2, 0.25) is 5.88 Å². The van der Waals surface area contributed by atoms with Crippen molar-refractivity contribution < 1.29 is 30.9 Å². The number of rotatable bonds is 4. The van der Waals surface area contributed by atoms with Gasteiger partial charge in [0.05, 0.1) is 0 Å². The molecule has 6 rings (SSSR count). The number of hydrogen-bond acceptors (Lipinski definition) is 4. The number of ether oxygens (including phenoxy) is 1. The van der Waals surface area contributed by atoms with E-state index in [1.165, 1.54) is 5.56 Å². The van der Waals surface area contributed by atoms with Crippen LogP contribution >= 0.6 is 0 Å². The molecule has 0 aliphatic rings. The van der Waals surface area contributed by atoms with Crippen LogP contribution in [-0.4, -0.2) is 19.6 Å². The van der Waals surface area contributed by atoms with Crippen LogP contribution in [0.5, 0.6) is 17.4 Å². The topological polar surface area (TPSA) is 60.2 Å². The first-order chi connectivity index (χ1) is 17.8. The molecule has 194 valence electrons. The molecule has 0 unspecified atom stereocenters. The van der Waals surface area contributed by atoms with E-state index in [4.69, 9.17) is 4.74 Å². The fourth-order valence-electron chi connectivity index (χ4n) is 5.06. The van der Waals surface area contributed by atoms with E-state index in [-0.39, 0.29) is 26.8 Å². The third kappa shape index (κ3) is 4.25. The van der Waals surface area contributed by atoms with E-state index in [9.17, 15) is 5.11 Å². The second-order valence-electron chi connectivity index (χ2n) is 10.0. The van der Waals surface area contributed by atoms with Crippen LogP contribution in [0, 0.1) is 26.8 Å². The number of nitrogens with zero attached hydrogens (tertiary/aromatic N) is 3. The third-order valence-electron chi connectivity index (χ3n) is 7.08. The van der Waals surface area contributed by atoms with Crippen molar-refractivity contribution in [2.75, 3.05) is 0 Å². The Hall–Kier alpha value is -3.69. The van der Waals surface area contributed by atoms with Gasteiger partial charge in [-0.2, -0.15) is 0 Å². The molecule has 6 heteroatoms. The van der Waals surface area contributed by atoms with Crippen LogP contribution in [0.2, 0.25) is 0 Å². The molecule has 3 aromatic carbocycles. The SMILES string of the molecule is Cc1ccc2c(C)cc(Oc3[c-]c4c(c(C)c3)c3ccc(C(C)C)cc3n4-c3ccccn3)nc2c1O.[Pt]. The Morgan fingerprint density at radius 3 is 2.42 bits per heavy atom. The van der Waals surface area contributed by atoms with Crippen LogP contribution in [0.3, 0.4) is 0 Å². The molecule has 3 aromatic heterocycles. The molecule has 0 amide bonds. The molecule has 0 radical (unpaired) electrons. The van der Waals surface area contributed by atoms with Crippen molar-refractivity contribution in [3.63, 3.8) is 0 Å². The number of pyridine rings is 2. The van der Waals surface area contributed by atoms with E-state index < -0.39 is 0 Å². The van der Waals surface area contributed by atoms with E-state index in [1.54, 1.807) is 0 Å². The van der Waals surface area contributed by atoms with Crippen molar-refractivity contribution in [2.24, 2.45) is 0 Å². The molecular formula is C32H28N3O2Pt-. The standard InChI is InChI=1S/C32H28N3O2.Pt/c1-18(2)22-10-12-25-26(16-22)35(28-8-6-7-13-33-28)27-17-23(14-21(5)30(25)27)37-29-15-20(4)24-11-9-19(3)32(36)31(24)34-29;/h6-16,18,36H,1-5H3;/q-1;. The van der Waals surface area contributed by atoms with Crippen molar-refractivity contribution in [3.8, 4) is 23.2 Å². The molecule has 0 aliphatic carbocycles. The van der Waals surface area contributed by atoms with E-state index in [0.717, 1.165) is 49.7 Å². The summed E-state index contributed by atoms with van der Waals surface area (Å²) < 4.78 is 8.45. The summed E-state index contributed by atoms with van der Waals surface area (Å²) in [6.07, 6.45) is 1.81. The van der Waals surface area contributed by atoms with Crippen molar-refractivity contribution in [2.45, 2.75) is 40.5 Å². The summed E-state index contributed by atoms with van der Waals surface area (Å²) in [7, 11) is 0. The van der Waals surface area contributed by atoms with Gasteiger partial charge in [0, 0.05) is 50.0 Å². The number of hydrogen-bond donors (Lipinski definition) is 1. The fourth-order valence-corrected chi connectivity index (χ4v) is 5.06. The first-order valence-electron chi connectivity index (χ1n) is 12.5. The van der Waals surface area contributed by atoms with Gasteiger partial charge in [0.1, 0.15) is 17.1 Å². The second-order valence-corrected chi connectivity index (χ2v) is 10.0. The van der Waals surface area contributed by atoms with Gasteiger partial charge in [-0.15, -0.1) is 17.7 Å². The predicted octanol–water partition coefficient (Wildman–Crippen LogP) is 8.07. The molecule has 0 bridgehead atoms. The van der Waals surface area contributed by atoms with Gasteiger partial charge < -0.3 is 14.4 Å². The molecule has 38 heavy (non-hydrogen) atoms. The van der Waals surface area contributed by atoms with Crippen LogP contribution in [-0.2, 0) is 21.1 Å². The van der Waals surface area contributed by atoms with Crippen molar-refractivity contribution in [1.82, 2.24) is 14.5 Å². The van der Waals surface area contributed by atoms with Crippen LogP contribution in [0.25, 0.3) is 38.5 Å². The molecule has 0 spiro atoms.